The third-order valence-electron chi connectivity index (χ3n) is 4.05. The highest BCUT2D eigenvalue weighted by molar-refractivity contribution is 9.10. The molecule has 2 atom stereocenters. The molecule has 0 aromatic heterocycles. The molecule has 0 aliphatic heterocycles. The van der Waals surface area contributed by atoms with Crippen molar-refractivity contribution in [3.05, 3.63) is 22.2 Å². The number of hydrogen-bond donors (Lipinski definition) is 1. The first-order chi connectivity index (χ1) is 9.22. The Labute approximate surface area is 123 Å². The highest BCUT2D eigenvalue weighted by Gasteiger charge is 2.29. The Kier molecular flexibility index (Phi) is 5.11. The molecule has 1 aromatic carbocycles. The minimum Gasteiger partial charge on any atom is -0.495 e. The Balaban J connectivity index is 2.40. The van der Waals surface area contributed by atoms with Gasteiger partial charge in [-0.3, -0.25) is 0 Å². The van der Waals surface area contributed by atoms with E-state index in [0.29, 0.717) is 12.0 Å². The highest BCUT2D eigenvalue weighted by atomic mass is 79.9. The Morgan fingerprint density at radius 1 is 1.16 bits per heavy atom. The van der Waals surface area contributed by atoms with Crippen molar-refractivity contribution in [2.24, 2.45) is 0 Å². The average molecular weight is 328 g/mol. The Morgan fingerprint density at radius 2 is 1.89 bits per heavy atom. The number of hydrogen-bond acceptors (Lipinski definition) is 3. The van der Waals surface area contributed by atoms with Gasteiger partial charge in [0.2, 0.25) is 0 Å². The smallest absolute Gasteiger partial charge is 0.140 e. The SMILES string of the molecule is CNC1CCCCC1c1ccc(OC)c(Br)c1OC. The number of ether oxygens (including phenoxy) is 2. The van der Waals surface area contributed by atoms with Gasteiger partial charge in [-0.1, -0.05) is 18.9 Å². The monoisotopic (exact) mass is 327 g/mol. The zero-order valence-corrected chi connectivity index (χ0v) is 13.4. The molecule has 0 saturated heterocycles. The van der Waals surface area contributed by atoms with Gasteiger partial charge in [0, 0.05) is 17.5 Å². The standard InChI is InChI=1S/C15H22BrNO2/c1-17-12-7-5-4-6-10(12)11-8-9-13(18-2)14(16)15(11)19-3/h8-10,12,17H,4-7H2,1-3H3. The zero-order valence-electron chi connectivity index (χ0n) is 11.8. The second kappa shape index (κ2) is 6.62. The quantitative estimate of drug-likeness (QED) is 0.914. The van der Waals surface area contributed by atoms with Crippen molar-refractivity contribution >= 4 is 15.9 Å². The van der Waals surface area contributed by atoms with Gasteiger partial charge in [-0.25, -0.2) is 0 Å². The summed E-state index contributed by atoms with van der Waals surface area (Å²) in [7, 11) is 5.45. The van der Waals surface area contributed by atoms with Crippen LogP contribution in [-0.4, -0.2) is 27.3 Å². The maximum atomic E-state index is 5.61. The van der Waals surface area contributed by atoms with E-state index in [2.05, 4.69) is 27.3 Å². The van der Waals surface area contributed by atoms with Crippen LogP contribution in [0.4, 0.5) is 0 Å². The van der Waals surface area contributed by atoms with Gasteiger partial charge in [0.15, 0.2) is 0 Å². The van der Waals surface area contributed by atoms with Crippen LogP contribution in [0.5, 0.6) is 11.5 Å². The summed E-state index contributed by atoms with van der Waals surface area (Å²) >= 11 is 3.59. The van der Waals surface area contributed by atoms with Crippen molar-refractivity contribution in [1.29, 1.82) is 0 Å². The molecule has 1 fully saturated rings. The zero-order chi connectivity index (χ0) is 13.8. The predicted octanol–water partition coefficient (Wildman–Crippen LogP) is 3.71. The maximum Gasteiger partial charge on any atom is 0.140 e. The van der Waals surface area contributed by atoms with Crippen molar-refractivity contribution in [2.75, 3.05) is 21.3 Å². The summed E-state index contributed by atoms with van der Waals surface area (Å²) < 4.78 is 11.9. The van der Waals surface area contributed by atoms with Crippen molar-refractivity contribution in [3.63, 3.8) is 0 Å². The lowest BCUT2D eigenvalue weighted by Gasteiger charge is -2.32. The van der Waals surface area contributed by atoms with Crippen LogP contribution in [-0.2, 0) is 0 Å². The second-order valence-electron chi connectivity index (χ2n) is 4.99. The van der Waals surface area contributed by atoms with E-state index in [4.69, 9.17) is 9.47 Å². The summed E-state index contributed by atoms with van der Waals surface area (Å²) in [5.74, 6) is 2.24. The molecule has 106 valence electrons. The fraction of sp³-hybridized carbons (Fsp3) is 0.600. The van der Waals surface area contributed by atoms with Crippen LogP contribution in [0.1, 0.15) is 37.2 Å². The van der Waals surface area contributed by atoms with E-state index >= 15 is 0 Å². The van der Waals surface area contributed by atoms with Gasteiger partial charge in [0.1, 0.15) is 16.0 Å². The van der Waals surface area contributed by atoms with Crippen LogP contribution in [0.2, 0.25) is 0 Å². The molecule has 1 N–H and O–H groups in total. The molecule has 0 bridgehead atoms. The summed E-state index contributed by atoms with van der Waals surface area (Å²) in [4.78, 5) is 0. The third-order valence-corrected chi connectivity index (χ3v) is 4.80. The van der Waals surface area contributed by atoms with Crippen LogP contribution in [0.25, 0.3) is 0 Å². The summed E-state index contributed by atoms with van der Waals surface area (Å²) in [5.41, 5.74) is 1.27. The molecule has 1 aliphatic rings. The summed E-state index contributed by atoms with van der Waals surface area (Å²) in [6.07, 6.45) is 5.03. The van der Waals surface area contributed by atoms with Crippen LogP contribution in [0.15, 0.2) is 16.6 Å². The molecule has 1 aromatic rings. The first-order valence-corrected chi connectivity index (χ1v) is 7.59. The van der Waals surface area contributed by atoms with E-state index in [9.17, 15) is 0 Å². The van der Waals surface area contributed by atoms with Gasteiger partial charge in [-0.2, -0.15) is 0 Å². The molecule has 19 heavy (non-hydrogen) atoms. The van der Waals surface area contributed by atoms with E-state index in [1.54, 1.807) is 14.2 Å². The van der Waals surface area contributed by atoms with Crippen molar-refractivity contribution in [2.45, 2.75) is 37.6 Å². The summed E-state index contributed by atoms with van der Waals surface area (Å²) in [6.45, 7) is 0. The lowest BCUT2D eigenvalue weighted by molar-refractivity contribution is 0.328. The molecule has 1 saturated carbocycles. The highest BCUT2D eigenvalue weighted by Crippen LogP contribution is 2.44. The first-order valence-electron chi connectivity index (χ1n) is 6.80. The molecular weight excluding hydrogens is 306 g/mol. The number of rotatable bonds is 4. The topological polar surface area (TPSA) is 30.5 Å². The molecule has 2 rings (SSSR count). The molecule has 3 nitrogen and oxygen atoms in total. The molecule has 2 unspecified atom stereocenters. The number of methoxy groups -OCH3 is 2. The molecule has 0 radical (unpaired) electrons. The van der Waals surface area contributed by atoms with Gasteiger partial charge >= 0.3 is 0 Å². The van der Waals surface area contributed by atoms with Crippen molar-refractivity contribution in [3.8, 4) is 11.5 Å². The van der Waals surface area contributed by atoms with E-state index < -0.39 is 0 Å². The molecule has 0 heterocycles. The number of benzene rings is 1. The van der Waals surface area contributed by atoms with Crippen molar-refractivity contribution < 1.29 is 9.47 Å². The largest absolute Gasteiger partial charge is 0.495 e. The normalized spacial score (nSPS) is 23.2. The van der Waals surface area contributed by atoms with Gasteiger partial charge in [0.25, 0.3) is 0 Å². The second-order valence-corrected chi connectivity index (χ2v) is 5.78. The molecular formula is C15H22BrNO2. The first kappa shape index (κ1) is 14.7. The number of halogens is 1. The summed E-state index contributed by atoms with van der Waals surface area (Å²) in [5, 5.41) is 3.45. The minimum absolute atomic E-state index is 0.510. The van der Waals surface area contributed by atoms with Gasteiger partial charge in [0.05, 0.1) is 14.2 Å². The molecule has 1 aliphatic carbocycles. The maximum absolute atomic E-state index is 5.61. The minimum atomic E-state index is 0.510. The molecule has 4 heteroatoms. The summed E-state index contributed by atoms with van der Waals surface area (Å²) in [6, 6.07) is 4.69. The lowest BCUT2D eigenvalue weighted by Crippen LogP contribution is -2.34. The van der Waals surface area contributed by atoms with Gasteiger partial charge < -0.3 is 14.8 Å². The molecule has 0 spiro atoms. The van der Waals surface area contributed by atoms with E-state index in [1.165, 1.54) is 31.2 Å². The van der Waals surface area contributed by atoms with E-state index in [-0.39, 0.29) is 0 Å². The number of likely N-dealkylation sites (N-methyl/N-ethyl adjacent to an activating group) is 1. The van der Waals surface area contributed by atoms with Gasteiger partial charge in [-0.15, -0.1) is 0 Å². The molecule has 0 amide bonds. The third kappa shape index (κ3) is 2.90. The fourth-order valence-electron chi connectivity index (χ4n) is 3.06. The lowest BCUT2D eigenvalue weighted by atomic mass is 9.79. The van der Waals surface area contributed by atoms with Crippen LogP contribution in [0.3, 0.4) is 0 Å². The average Bonchev–Trinajstić information content (AvgIpc) is 2.46. The van der Waals surface area contributed by atoms with E-state index in [0.717, 1.165) is 16.0 Å². The van der Waals surface area contributed by atoms with Crippen molar-refractivity contribution in [1.82, 2.24) is 5.32 Å². The Bertz CT molecular complexity index is 436. The Hall–Kier alpha value is -0.740. The van der Waals surface area contributed by atoms with Crippen LogP contribution >= 0.6 is 15.9 Å². The van der Waals surface area contributed by atoms with Gasteiger partial charge in [-0.05, 0) is 41.9 Å². The number of nitrogens with one attached hydrogen (secondary N) is 1. The van der Waals surface area contributed by atoms with E-state index in [1.807, 2.05) is 13.1 Å². The van der Waals surface area contributed by atoms with Crippen LogP contribution < -0.4 is 14.8 Å². The van der Waals surface area contributed by atoms with Crippen LogP contribution in [0, 0.1) is 0 Å². The fourth-order valence-corrected chi connectivity index (χ4v) is 3.74. The predicted molar refractivity (Wildman–Crippen MR) is 81.3 cm³/mol. The Morgan fingerprint density at radius 3 is 2.53 bits per heavy atom.